The van der Waals surface area contributed by atoms with E-state index in [1.54, 1.807) is 0 Å². The first-order chi connectivity index (χ1) is 10.8. The van der Waals surface area contributed by atoms with Crippen molar-refractivity contribution in [3.8, 4) is 11.5 Å². The van der Waals surface area contributed by atoms with Gasteiger partial charge in [-0.25, -0.2) is 4.79 Å². The Bertz CT molecular complexity index is 681. The topological polar surface area (TPSA) is 59.6 Å². The summed E-state index contributed by atoms with van der Waals surface area (Å²) in [5.74, 6) is 1.81. The normalized spacial score (nSPS) is 14.5. The zero-order valence-corrected chi connectivity index (χ0v) is 12.0. The van der Waals surface area contributed by atoms with Gasteiger partial charge in [0.1, 0.15) is 11.5 Å². The van der Waals surface area contributed by atoms with E-state index in [4.69, 9.17) is 9.47 Å². The molecule has 2 N–H and O–H groups in total. The summed E-state index contributed by atoms with van der Waals surface area (Å²) >= 11 is 0. The molecule has 22 heavy (non-hydrogen) atoms. The summed E-state index contributed by atoms with van der Waals surface area (Å²) in [6.45, 7) is 1.42. The molecule has 0 atom stereocenters. The second-order valence-corrected chi connectivity index (χ2v) is 5.42. The third-order valence-corrected chi connectivity index (χ3v) is 3.89. The zero-order valence-electron chi connectivity index (χ0n) is 12.0. The van der Waals surface area contributed by atoms with Crippen molar-refractivity contribution in [2.24, 2.45) is 0 Å². The lowest BCUT2D eigenvalue weighted by Crippen LogP contribution is -2.19. The lowest BCUT2D eigenvalue weighted by molar-refractivity contribution is 0.262. The van der Waals surface area contributed by atoms with Crippen LogP contribution in [0.3, 0.4) is 0 Å². The lowest BCUT2D eigenvalue weighted by atomic mass is 10.1. The maximum absolute atomic E-state index is 12.1. The molecule has 2 aliphatic heterocycles. The van der Waals surface area contributed by atoms with Crippen LogP contribution in [0.15, 0.2) is 36.4 Å². The van der Waals surface area contributed by atoms with Crippen molar-refractivity contribution in [2.75, 3.05) is 23.8 Å². The molecule has 2 aromatic rings. The Morgan fingerprint density at radius 3 is 1.82 bits per heavy atom. The van der Waals surface area contributed by atoms with Gasteiger partial charge in [-0.3, -0.25) is 0 Å². The van der Waals surface area contributed by atoms with Crippen LogP contribution in [-0.4, -0.2) is 19.2 Å². The van der Waals surface area contributed by atoms with Gasteiger partial charge in [0, 0.05) is 24.2 Å². The van der Waals surface area contributed by atoms with Gasteiger partial charge in [0.2, 0.25) is 0 Å². The van der Waals surface area contributed by atoms with E-state index in [0.29, 0.717) is 13.2 Å². The standard InChI is InChI=1S/C17H16N2O3/c20-17(18-13-1-3-15-11(9-13)5-7-21-15)19-14-2-4-16-12(10-14)6-8-22-16/h1-4,9-10H,5-8H2,(H2,18,19,20). The molecule has 0 saturated heterocycles. The number of carbonyl (C=O) groups excluding carboxylic acids is 1. The van der Waals surface area contributed by atoms with Crippen molar-refractivity contribution in [3.63, 3.8) is 0 Å². The number of hydrogen-bond acceptors (Lipinski definition) is 3. The molecular formula is C17H16N2O3. The second-order valence-electron chi connectivity index (χ2n) is 5.42. The van der Waals surface area contributed by atoms with Crippen LogP contribution in [0.4, 0.5) is 16.2 Å². The summed E-state index contributed by atoms with van der Waals surface area (Å²) in [6, 6.07) is 11.1. The number of amides is 2. The molecule has 0 fully saturated rings. The highest BCUT2D eigenvalue weighted by Gasteiger charge is 2.14. The fourth-order valence-corrected chi connectivity index (χ4v) is 2.82. The molecule has 0 aromatic heterocycles. The molecule has 0 saturated carbocycles. The quantitative estimate of drug-likeness (QED) is 0.894. The Hall–Kier alpha value is -2.69. The summed E-state index contributed by atoms with van der Waals surface area (Å²) < 4.78 is 10.9. The van der Waals surface area contributed by atoms with Gasteiger partial charge in [-0.05, 0) is 47.5 Å². The third-order valence-electron chi connectivity index (χ3n) is 3.89. The van der Waals surface area contributed by atoms with Gasteiger partial charge in [0.15, 0.2) is 0 Å². The highest BCUT2D eigenvalue weighted by atomic mass is 16.5. The first-order valence-electron chi connectivity index (χ1n) is 7.37. The largest absolute Gasteiger partial charge is 0.493 e. The van der Waals surface area contributed by atoms with E-state index in [0.717, 1.165) is 46.8 Å². The average Bonchev–Trinajstić information content (AvgIpc) is 3.14. The van der Waals surface area contributed by atoms with Gasteiger partial charge >= 0.3 is 6.03 Å². The molecule has 5 nitrogen and oxygen atoms in total. The zero-order chi connectivity index (χ0) is 14.9. The Balaban J connectivity index is 1.44. The minimum atomic E-state index is -0.252. The van der Waals surface area contributed by atoms with Crippen LogP contribution in [0.1, 0.15) is 11.1 Å². The number of rotatable bonds is 2. The third kappa shape index (κ3) is 2.45. The molecule has 2 aromatic carbocycles. The summed E-state index contributed by atoms with van der Waals surface area (Å²) in [5, 5.41) is 5.70. The highest BCUT2D eigenvalue weighted by Crippen LogP contribution is 2.29. The Labute approximate surface area is 128 Å². The highest BCUT2D eigenvalue weighted by molar-refractivity contribution is 6.00. The molecular weight excluding hydrogens is 280 g/mol. The Morgan fingerprint density at radius 2 is 1.32 bits per heavy atom. The van der Waals surface area contributed by atoms with Crippen molar-refractivity contribution < 1.29 is 14.3 Å². The van der Waals surface area contributed by atoms with Crippen LogP contribution in [-0.2, 0) is 12.8 Å². The van der Waals surface area contributed by atoms with Crippen LogP contribution < -0.4 is 20.1 Å². The summed E-state index contributed by atoms with van der Waals surface area (Å²) in [7, 11) is 0. The fraction of sp³-hybridized carbons (Fsp3) is 0.235. The van der Waals surface area contributed by atoms with Crippen molar-refractivity contribution in [2.45, 2.75) is 12.8 Å². The molecule has 0 spiro atoms. The molecule has 0 unspecified atom stereocenters. The molecule has 2 aliphatic rings. The van der Waals surface area contributed by atoms with E-state index < -0.39 is 0 Å². The molecule has 0 aliphatic carbocycles. The maximum Gasteiger partial charge on any atom is 0.323 e. The van der Waals surface area contributed by atoms with Crippen LogP contribution in [0, 0.1) is 0 Å². The number of fused-ring (bicyclic) bond motifs is 2. The van der Waals surface area contributed by atoms with E-state index in [2.05, 4.69) is 10.6 Å². The Kier molecular flexibility index (Phi) is 3.11. The molecule has 112 valence electrons. The van der Waals surface area contributed by atoms with E-state index in [9.17, 15) is 4.79 Å². The number of urea groups is 1. The van der Waals surface area contributed by atoms with Gasteiger partial charge < -0.3 is 20.1 Å². The van der Waals surface area contributed by atoms with Gasteiger partial charge in [-0.1, -0.05) is 0 Å². The first kappa shape index (κ1) is 13.0. The van der Waals surface area contributed by atoms with Crippen molar-refractivity contribution in [1.82, 2.24) is 0 Å². The number of carbonyl (C=O) groups is 1. The van der Waals surface area contributed by atoms with E-state index in [1.807, 2.05) is 36.4 Å². The maximum atomic E-state index is 12.1. The second kappa shape index (κ2) is 5.26. The smallest absolute Gasteiger partial charge is 0.323 e. The van der Waals surface area contributed by atoms with E-state index in [-0.39, 0.29) is 6.03 Å². The van der Waals surface area contributed by atoms with Crippen LogP contribution in [0.5, 0.6) is 11.5 Å². The number of hydrogen-bond donors (Lipinski definition) is 2. The minimum absolute atomic E-state index is 0.252. The van der Waals surface area contributed by atoms with Gasteiger partial charge in [0.05, 0.1) is 13.2 Å². The molecule has 0 radical (unpaired) electrons. The summed E-state index contributed by atoms with van der Waals surface area (Å²) in [4.78, 5) is 12.1. The number of anilines is 2. The van der Waals surface area contributed by atoms with E-state index >= 15 is 0 Å². The molecule has 2 amide bonds. The summed E-state index contributed by atoms with van der Waals surface area (Å²) in [5.41, 5.74) is 3.80. The summed E-state index contributed by atoms with van der Waals surface area (Å²) in [6.07, 6.45) is 1.77. The molecule has 2 heterocycles. The predicted octanol–water partition coefficient (Wildman–Crippen LogP) is 3.20. The number of nitrogens with one attached hydrogen (secondary N) is 2. The number of ether oxygens (including phenoxy) is 2. The van der Waals surface area contributed by atoms with Gasteiger partial charge in [-0.15, -0.1) is 0 Å². The van der Waals surface area contributed by atoms with Crippen LogP contribution in [0.2, 0.25) is 0 Å². The van der Waals surface area contributed by atoms with Crippen molar-refractivity contribution in [3.05, 3.63) is 47.5 Å². The van der Waals surface area contributed by atoms with Gasteiger partial charge in [-0.2, -0.15) is 0 Å². The van der Waals surface area contributed by atoms with Crippen molar-refractivity contribution in [1.29, 1.82) is 0 Å². The average molecular weight is 296 g/mol. The molecule has 0 bridgehead atoms. The predicted molar refractivity (Wildman–Crippen MR) is 83.9 cm³/mol. The first-order valence-corrected chi connectivity index (χ1v) is 7.37. The SMILES string of the molecule is O=C(Nc1ccc2c(c1)CCO2)Nc1ccc2c(c1)CCO2. The minimum Gasteiger partial charge on any atom is -0.493 e. The fourth-order valence-electron chi connectivity index (χ4n) is 2.82. The van der Waals surface area contributed by atoms with Gasteiger partial charge in [0.25, 0.3) is 0 Å². The Morgan fingerprint density at radius 1 is 0.818 bits per heavy atom. The lowest BCUT2D eigenvalue weighted by Gasteiger charge is -2.09. The van der Waals surface area contributed by atoms with Crippen molar-refractivity contribution >= 4 is 17.4 Å². The monoisotopic (exact) mass is 296 g/mol. The van der Waals surface area contributed by atoms with Crippen LogP contribution >= 0.6 is 0 Å². The number of benzene rings is 2. The van der Waals surface area contributed by atoms with Crippen LogP contribution in [0.25, 0.3) is 0 Å². The molecule has 5 heteroatoms. The van der Waals surface area contributed by atoms with E-state index in [1.165, 1.54) is 0 Å². The molecule has 4 rings (SSSR count).